The molecule has 0 radical (unpaired) electrons. The summed E-state index contributed by atoms with van der Waals surface area (Å²) in [7, 11) is 0. The summed E-state index contributed by atoms with van der Waals surface area (Å²) in [5.41, 5.74) is 3.72. The van der Waals surface area contributed by atoms with Crippen molar-refractivity contribution in [1.29, 1.82) is 0 Å². The van der Waals surface area contributed by atoms with Crippen molar-refractivity contribution in [3.8, 4) is 0 Å². The molecule has 0 aliphatic heterocycles. The van der Waals surface area contributed by atoms with Crippen LogP contribution in [-0.4, -0.2) is 12.2 Å². The summed E-state index contributed by atoms with van der Waals surface area (Å²) in [6.45, 7) is 3.99. The molecule has 0 atom stereocenters. The van der Waals surface area contributed by atoms with Crippen LogP contribution in [0.4, 0.5) is 5.69 Å². The number of anilines is 1. The van der Waals surface area contributed by atoms with E-state index in [1.807, 2.05) is 62.6 Å². The Morgan fingerprint density at radius 2 is 1.84 bits per heavy atom. The maximum atomic E-state index is 12.3. The SMILES string of the molecule is CSc1cccc(NC(=O)c2cccc(C)c2C)c1. The monoisotopic (exact) mass is 271 g/mol. The van der Waals surface area contributed by atoms with E-state index < -0.39 is 0 Å². The van der Waals surface area contributed by atoms with Crippen LogP contribution in [0.2, 0.25) is 0 Å². The van der Waals surface area contributed by atoms with Gasteiger partial charge in [-0.05, 0) is 55.5 Å². The number of amides is 1. The molecule has 1 N–H and O–H groups in total. The number of rotatable bonds is 3. The smallest absolute Gasteiger partial charge is 0.255 e. The highest BCUT2D eigenvalue weighted by molar-refractivity contribution is 7.98. The molecule has 2 aromatic carbocycles. The Bertz CT molecular complexity index is 607. The van der Waals surface area contributed by atoms with Gasteiger partial charge >= 0.3 is 0 Å². The van der Waals surface area contributed by atoms with Crippen LogP contribution in [0.3, 0.4) is 0 Å². The zero-order valence-corrected chi connectivity index (χ0v) is 12.2. The van der Waals surface area contributed by atoms with Gasteiger partial charge in [-0.3, -0.25) is 4.79 Å². The van der Waals surface area contributed by atoms with E-state index >= 15 is 0 Å². The quantitative estimate of drug-likeness (QED) is 0.844. The Balaban J connectivity index is 2.23. The number of nitrogens with one attached hydrogen (secondary N) is 1. The highest BCUT2D eigenvalue weighted by Gasteiger charge is 2.10. The van der Waals surface area contributed by atoms with Gasteiger partial charge in [-0.25, -0.2) is 0 Å². The molecule has 0 unspecified atom stereocenters. The molecular weight excluding hydrogens is 254 g/mol. The van der Waals surface area contributed by atoms with Crippen LogP contribution in [0.15, 0.2) is 47.4 Å². The summed E-state index contributed by atoms with van der Waals surface area (Å²) in [6.07, 6.45) is 2.02. The van der Waals surface area contributed by atoms with Gasteiger partial charge in [0.25, 0.3) is 5.91 Å². The molecular formula is C16H17NOS. The van der Waals surface area contributed by atoms with Crippen LogP contribution in [-0.2, 0) is 0 Å². The fraction of sp³-hybridized carbons (Fsp3) is 0.188. The van der Waals surface area contributed by atoms with Gasteiger partial charge in [0.2, 0.25) is 0 Å². The third-order valence-electron chi connectivity index (χ3n) is 3.18. The first-order valence-corrected chi connectivity index (χ1v) is 7.36. The molecule has 0 heterocycles. The van der Waals surface area contributed by atoms with Gasteiger partial charge in [0.05, 0.1) is 0 Å². The van der Waals surface area contributed by atoms with Gasteiger partial charge in [-0.15, -0.1) is 11.8 Å². The van der Waals surface area contributed by atoms with Gasteiger partial charge < -0.3 is 5.32 Å². The third-order valence-corrected chi connectivity index (χ3v) is 3.90. The van der Waals surface area contributed by atoms with Crippen molar-refractivity contribution in [1.82, 2.24) is 0 Å². The third kappa shape index (κ3) is 3.18. The zero-order valence-electron chi connectivity index (χ0n) is 11.4. The van der Waals surface area contributed by atoms with Crippen LogP contribution in [0, 0.1) is 13.8 Å². The number of hydrogen-bond donors (Lipinski definition) is 1. The largest absolute Gasteiger partial charge is 0.322 e. The van der Waals surface area contributed by atoms with E-state index in [1.54, 1.807) is 11.8 Å². The lowest BCUT2D eigenvalue weighted by Gasteiger charge is -2.10. The molecule has 0 aromatic heterocycles. The molecule has 0 fully saturated rings. The molecule has 0 aliphatic carbocycles. The van der Waals surface area contributed by atoms with Crippen LogP contribution >= 0.6 is 11.8 Å². The minimum Gasteiger partial charge on any atom is -0.322 e. The van der Waals surface area contributed by atoms with Crippen molar-refractivity contribution in [3.63, 3.8) is 0 Å². The number of hydrogen-bond acceptors (Lipinski definition) is 2. The van der Waals surface area contributed by atoms with Crippen molar-refractivity contribution >= 4 is 23.4 Å². The normalized spacial score (nSPS) is 10.3. The van der Waals surface area contributed by atoms with Crippen molar-refractivity contribution < 1.29 is 4.79 Å². The summed E-state index contributed by atoms with van der Waals surface area (Å²) in [5, 5.41) is 2.95. The Labute approximate surface area is 118 Å². The van der Waals surface area contributed by atoms with Crippen LogP contribution in [0.5, 0.6) is 0 Å². The highest BCUT2D eigenvalue weighted by atomic mass is 32.2. The molecule has 2 nitrogen and oxygen atoms in total. The van der Waals surface area contributed by atoms with E-state index in [0.717, 1.165) is 27.3 Å². The van der Waals surface area contributed by atoms with E-state index in [1.165, 1.54) is 0 Å². The molecule has 0 saturated carbocycles. The van der Waals surface area contributed by atoms with Crippen molar-refractivity contribution in [2.75, 3.05) is 11.6 Å². The standard InChI is InChI=1S/C16H17NOS/c1-11-6-4-9-15(12(11)2)16(18)17-13-7-5-8-14(10-13)19-3/h4-10H,1-3H3,(H,17,18). The lowest BCUT2D eigenvalue weighted by Crippen LogP contribution is -2.13. The van der Waals surface area contributed by atoms with E-state index in [9.17, 15) is 4.79 Å². The maximum absolute atomic E-state index is 12.3. The summed E-state index contributed by atoms with van der Waals surface area (Å²) in [4.78, 5) is 13.4. The fourth-order valence-electron chi connectivity index (χ4n) is 1.90. The molecule has 98 valence electrons. The Morgan fingerprint density at radius 1 is 1.11 bits per heavy atom. The minimum atomic E-state index is -0.0561. The predicted octanol–water partition coefficient (Wildman–Crippen LogP) is 4.28. The molecule has 2 rings (SSSR count). The summed E-state index contributed by atoms with van der Waals surface area (Å²) in [6, 6.07) is 13.6. The van der Waals surface area contributed by atoms with Crippen LogP contribution < -0.4 is 5.32 Å². The maximum Gasteiger partial charge on any atom is 0.255 e. The van der Waals surface area contributed by atoms with Crippen molar-refractivity contribution in [2.45, 2.75) is 18.7 Å². The molecule has 0 spiro atoms. The first kappa shape index (κ1) is 13.7. The summed E-state index contributed by atoms with van der Waals surface area (Å²) >= 11 is 1.66. The first-order chi connectivity index (χ1) is 9.11. The van der Waals surface area contributed by atoms with Gasteiger partial charge in [-0.1, -0.05) is 18.2 Å². The summed E-state index contributed by atoms with van der Waals surface area (Å²) in [5.74, 6) is -0.0561. The lowest BCUT2D eigenvalue weighted by molar-refractivity contribution is 0.102. The summed E-state index contributed by atoms with van der Waals surface area (Å²) < 4.78 is 0. The zero-order chi connectivity index (χ0) is 13.8. The second-order valence-corrected chi connectivity index (χ2v) is 5.31. The van der Waals surface area contributed by atoms with E-state index in [-0.39, 0.29) is 5.91 Å². The van der Waals surface area contributed by atoms with Gasteiger partial charge in [0, 0.05) is 16.1 Å². The topological polar surface area (TPSA) is 29.1 Å². The molecule has 0 bridgehead atoms. The number of aryl methyl sites for hydroxylation is 1. The fourth-order valence-corrected chi connectivity index (χ4v) is 2.36. The molecule has 1 amide bonds. The van der Waals surface area contributed by atoms with Crippen molar-refractivity contribution in [3.05, 3.63) is 59.2 Å². The number of carbonyl (C=O) groups is 1. The van der Waals surface area contributed by atoms with Crippen LogP contribution in [0.1, 0.15) is 21.5 Å². The van der Waals surface area contributed by atoms with E-state index in [2.05, 4.69) is 5.32 Å². The van der Waals surface area contributed by atoms with Crippen LogP contribution in [0.25, 0.3) is 0 Å². The second-order valence-electron chi connectivity index (χ2n) is 4.43. The Kier molecular flexibility index (Phi) is 4.27. The number of benzene rings is 2. The minimum absolute atomic E-state index is 0.0561. The van der Waals surface area contributed by atoms with Gasteiger partial charge in [0.15, 0.2) is 0 Å². The molecule has 2 aromatic rings. The Hall–Kier alpha value is -1.74. The van der Waals surface area contributed by atoms with E-state index in [0.29, 0.717) is 0 Å². The number of thioether (sulfide) groups is 1. The molecule has 3 heteroatoms. The van der Waals surface area contributed by atoms with Gasteiger partial charge in [-0.2, -0.15) is 0 Å². The second kappa shape index (κ2) is 5.93. The number of carbonyl (C=O) groups excluding carboxylic acids is 1. The van der Waals surface area contributed by atoms with E-state index in [4.69, 9.17) is 0 Å². The average molecular weight is 271 g/mol. The molecule has 0 aliphatic rings. The Morgan fingerprint density at radius 3 is 2.58 bits per heavy atom. The lowest BCUT2D eigenvalue weighted by atomic mass is 10.0. The van der Waals surface area contributed by atoms with Crippen molar-refractivity contribution in [2.24, 2.45) is 0 Å². The molecule has 0 saturated heterocycles. The molecule has 19 heavy (non-hydrogen) atoms. The first-order valence-electron chi connectivity index (χ1n) is 6.13. The van der Waals surface area contributed by atoms with Gasteiger partial charge in [0.1, 0.15) is 0 Å². The predicted molar refractivity (Wildman–Crippen MR) is 82.1 cm³/mol. The average Bonchev–Trinajstić information content (AvgIpc) is 2.42. The highest BCUT2D eigenvalue weighted by Crippen LogP contribution is 2.20.